The standard InChI is InChI=1S/C11H22/c1-9(2)6-7-11(5)8-10(11,3)4/h9H,6-8H2,1-5H3. The maximum atomic E-state index is 2.44. The molecule has 11 heavy (non-hydrogen) atoms. The van der Waals surface area contributed by atoms with Crippen molar-refractivity contribution in [2.45, 2.75) is 53.9 Å². The van der Waals surface area contributed by atoms with Crippen molar-refractivity contribution in [3.05, 3.63) is 0 Å². The fourth-order valence-electron chi connectivity index (χ4n) is 1.97. The van der Waals surface area contributed by atoms with Crippen molar-refractivity contribution in [3.8, 4) is 0 Å². The Bertz CT molecular complexity index is 144. The Hall–Kier alpha value is 0. The lowest BCUT2D eigenvalue weighted by Crippen LogP contribution is -2.05. The Kier molecular flexibility index (Phi) is 2.07. The minimum atomic E-state index is 0.641. The van der Waals surface area contributed by atoms with Crippen molar-refractivity contribution in [1.29, 1.82) is 0 Å². The van der Waals surface area contributed by atoms with E-state index in [0.29, 0.717) is 10.8 Å². The van der Waals surface area contributed by atoms with Gasteiger partial charge in [-0.25, -0.2) is 0 Å². The highest BCUT2D eigenvalue weighted by atomic mass is 14.6. The molecule has 1 fully saturated rings. The minimum absolute atomic E-state index is 0.641. The van der Waals surface area contributed by atoms with Gasteiger partial charge in [-0.1, -0.05) is 41.0 Å². The van der Waals surface area contributed by atoms with Gasteiger partial charge in [0, 0.05) is 0 Å². The molecule has 0 N–H and O–H groups in total. The molecule has 1 atom stereocenters. The van der Waals surface area contributed by atoms with Gasteiger partial charge in [0.05, 0.1) is 0 Å². The molecule has 0 aliphatic heterocycles. The van der Waals surface area contributed by atoms with Crippen molar-refractivity contribution < 1.29 is 0 Å². The summed E-state index contributed by atoms with van der Waals surface area (Å²) in [5, 5.41) is 0. The van der Waals surface area contributed by atoms with Crippen LogP contribution in [0.3, 0.4) is 0 Å². The minimum Gasteiger partial charge on any atom is -0.0628 e. The summed E-state index contributed by atoms with van der Waals surface area (Å²) in [7, 11) is 0. The zero-order chi connectivity index (χ0) is 8.70. The van der Waals surface area contributed by atoms with E-state index in [1.54, 1.807) is 0 Å². The summed E-state index contributed by atoms with van der Waals surface area (Å²) in [6.45, 7) is 11.9. The van der Waals surface area contributed by atoms with Crippen LogP contribution < -0.4 is 0 Å². The van der Waals surface area contributed by atoms with E-state index in [4.69, 9.17) is 0 Å². The second kappa shape index (κ2) is 2.50. The highest BCUT2D eigenvalue weighted by Crippen LogP contribution is 2.65. The molecular weight excluding hydrogens is 132 g/mol. The molecule has 0 aromatic carbocycles. The molecule has 0 aromatic rings. The lowest BCUT2D eigenvalue weighted by Gasteiger charge is -2.15. The second-order valence-corrected chi connectivity index (χ2v) is 5.55. The summed E-state index contributed by atoms with van der Waals surface area (Å²) in [6.07, 6.45) is 4.27. The fraction of sp³-hybridized carbons (Fsp3) is 1.00. The van der Waals surface area contributed by atoms with Gasteiger partial charge >= 0.3 is 0 Å². The first-order chi connectivity index (χ1) is 4.87. The van der Waals surface area contributed by atoms with Gasteiger partial charge in [-0.2, -0.15) is 0 Å². The summed E-state index contributed by atoms with van der Waals surface area (Å²) in [4.78, 5) is 0. The Morgan fingerprint density at radius 2 is 1.64 bits per heavy atom. The van der Waals surface area contributed by atoms with Gasteiger partial charge < -0.3 is 0 Å². The SMILES string of the molecule is CC(C)CCC1(C)CC1(C)C. The second-order valence-electron chi connectivity index (χ2n) is 5.55. The van der Waals surface area contributed by atoms with Crippen LogP contribution in [0.4, 0.5) is 0 Å². The summed E-state index contributed by atoms with van der Waals surface area (Å²) >= 11 is 0. The first-order valence-corrected chi connectivity index (χ1v) is 4.87. The molecule has 0 radical (unpaired) electrons. The average molecular weight is 154 g/mol. The van der Waals surface area contributed by atoms with Crippen molar-refractivity contribution >= 4 is 0 Å². The van der Waals surface area contributed by atoms with Crippen LogP contribution >= 0.6 is 0 Å². The van der Waals surface area contributed by atoms with E-state index < -0.39 is 0 Å². The predicted octanol–water partition coefficient (Wildman–Crippen LogP) is 3.86. The van der Waals surface area contributed by atoms with Crippen LogP contribution in [0.25, 0.3) is 0 Å². The summed E-state index contributed by atoms with van der Waals surface area (Å²) in [6, 6.07) is 0. The van der Waals surface area contributed by atoms with Crippen molar-refractivity contribution in [2.24, 2.45) is 16.7 Å². The Balaban J connectivity index is 2.29. The van der Waals surface area contributed by atoms with Crippen molar-refractivity contribution in [3.63, 3.8) is 0 Å². The number of hydrogen-bond acceptors (Lipinski definition) is 0. The smallest absolute Gasteiger partial charge is 0.0269 e. The normalized spacial score (nSPS) is 34.4. The van der Waals surface area contributed by atoms with Gasteiger partial charge in [-0.3, -0.25) is 0 Å². The molecule has 1 saturated carbocycles. The maximum Gasteiger partial charge on any atom is -0.0269 e. The van der Waals surface area contributed by atoms with E-state index in [0.717, 1.165) is 5.92 Å². The monoisotopic (exact) mass is 154 g/mol. The average Bonchev–Trinajstić information content (AvgIpc) is 2.29. The molecule has 1 aliphatic rings. The molecule has 1 aliphatic carbocycles. The third-order valence-corrected chi connectivity index (χ3v) is 3.61. The van der Waals surface area contributed by atoms with Crippen LogP contribution in [0.15, 0.2) is 0 Å². The van der Waals surface area contributed by atoms with E-state index in [1.807, 2.05) is 0 Å². The van der Waals surface area contributed by atoms with Crippen LogP contribution in [0.2, 0.25) is 0 Å². The highest BCUT2D eigenvalue weighted by molar-refractivity contribution is 5.05. The van der Waals surface area contributed by atoms with Gasteiger partial charge in [0.25, 0.3) is 0 Å². The van der Waals surface area contributed by atoms with E-state index in [2.05, 4.69) is 34.6 Å². The largest absolute Gasteiger partial charge is 0.0628 e. The molecule has 1 unspecified atom stereocenters. The first-order valence-electron chi connectivity index (χ1n) is 4.87. The Morgan fingerprint density at radius 3 is 1.91 bits per heavy atom. The van der Waals surface area contributed by atoms with Crippen LogP contribution in [0.5, 0.6) is 0 Å². The lowest BCUT2D eigenvalue weighted by molar-refractivity contribution is 0.355. The summed E-state index contributed by atoms with van der Waals surface area (Å²) in [5.41, 5.74) is 1.32. The Morgan fingerprint density at radius 1 is 1.18 bits per heavy atom. The van der Waals surface area contributed by atoms with Gasteiger partial charge in [0.1, 0.15) is 0 Å². The molecular formula is C11H22. The summed E-state index contributed by atoms with van der Waals surface area (Å²) < 4.78 is 0. The van der Waals surface area contributed by atoms with Gasteiger partial charge in [0.2, 0.25) is 0 Å². The molecule has 0 heterocycles. The first kappa shape index (κ1) is 9.09. The van der Waals surface area contributed by atoms with Crippen LogP contribution in [-0.4, -0.2) is 0 Å². The maximum absolute atomic E-state index is 2.44. The molecule has 0 heteroatoms. The molecule has 66 valence electrons. The Labute approximate surface area is 71.4 Å². The van der Waals surface area contributed by atoms with Gasteiger partial charge in [-0.15, -0.1) is 0 Å². The molecule has 0 bridgehead atoms. The molecule has 0 nitrogen and oxygen atoms in total. The zero-order valence-corrected chi connectivity index (χ0v) is 8.70. The van der Waals surface area contributed by atoms with Crippen molar-refractivity contribution in [2.75, 3.05) is 0 Å². The quantitative estimate of drug-likeness (QED) is 0.579. The summed E-state index contributed by atoms with van der Waals surface area (Å²) in [5.74, 6) is 0.878. The molecule has 0 aromatic heterocycles. The molecule has 0 spiro atoms. The molecule has 1 rings (SSSR count). The molecule has 0 saturated heterocycles. The van der Waals surface area contributed by atoms with Crippen molar-refractivity contribution in [1.82, 2.24) is 0 Å². The third-order valence-electron chi connectivity index (χ3n) is 3.61. The highest BCUT2D eigenvalue weighted by Gasteiger charge is 2.56. The lowest BCUT2D eigenvalue weighted by atomic mass is 9.90. The van der Waals surface area contributed by atoms with Gasteiger partial charge in [-0.05, 0) is 29.6 Å². The fourth-order valence-corrected chi connectivity index (χ4v) is 1.97. The van der Waals surface area contributed by atoms with E-state index in [-0.39, 0.29) is 0 Å². The zero-order valence-electron chi connectivity index (χ0n) is 8.70. The van der Waals surface area contributed by atoms with E-state index in [1.165, 1.54) is 19.3 Å². The third kappa shape index (κ3) is 1.77. The van der Waals surface area contributed by atoms with Gasteiger partial charge in [0.15, 0.2) is 0 Å². The van der Waals surface area contributed by atoms with Crippen LogP contribution in [0.1, 0.15) is 53.9 Å². The molecule has 0 amide bonds. The van der Waals surface area contributed by atoms with E-state index >= 15 is 0 Å². The number of hydrogen-bond donors (Lipinski definition) is 0. The van der Waals surface area contributed by atoms with Crippen LogP contribution in [0, 0.1) is 16.7 Å². The number of rotatable bonds is 3. The predicted molar refractivity (Wildman–Crippen MR) is 50.6 cm³/mol. The van der Waals surface area contributed by atoms with E-state index in [9.17, 15) is 0 Å². The van der Waals surface area contributed by atoms with Crippen LogP contribution in [-0.2, 0) is 0 Å². The topological polar surface area (TPSA) is 0 Å².